The number of carboxylic acids is 1. The highest BCUT2D eigenvalue weighted by molar-refractivity contribution is 5.98. The number of rotatable bonds is 7. The van der Waals surface area contributed by atoms with Crippen LogP contribution in [0.5, 0.6) is 11.6 Å². The van der Waals surface area contributed by atoms with E-state index in [1.54, 1.807) is 18.3 Å². The first kappa shape index (κ1) is 21.7. The predicted molar refractivity (Wildman–Crippen MR) is 105 cm³/mol. The van der Waals surface area contributed by atoms with Gasteiger partial charge in [0.2, 0.25) is 5.88 Å². The summed E-state index contributed by atoms with van der Waals surface area (Å²) in [4.78, 5) is 35.1. The minimum atomic E-state index is -4.46. The molecule has 0 bridgehead atoms. The molecule has 170 valence electrons. The van der Waals surface area contributed by atoms with Gasteiger partial charge in [0.15, 0.2) is 12.7 Å². The van der Waals surface area contributed by atoms with E-state index in [4.69, 9.17) is 9.84 Å². The van der Waals surface area contributed by atoms with Gasteiger partial charge in [-0.1, -0.05) is 0 Å². The highest BCUT2D eigenvalue weighted by Crippen LogP contribution is 2.28. The van der Waals surface area contributed by atoms with E-state index >= 15 is 0 Å². The fraction of sp³-hybridized carbons (Fsp3) is 0.400. The van der Waals surface area contributed by atoms with Gasteiger partial charge in [0, 0.05) is 32.1 Å². The second-order valence-electron chi connectivity index (χ2n) is 7.44. The molecule has 0 spiro atoms. The zero-order chi connectivity index (χ0) is 22.9. The molecule has 32 heavy (non-hydrogen) atoms. The zero-order valence-corrected chi connectivity index (χ0v) is 16.7. The smallest absolute Gasteiger partial charge is 0.422 e. The van der Waals surface area contributed by atoms with E-state index in [1.807, 2.05) is 4.90 Å². The minimum absolute atomic E-state index is 0.197. The van der Waals surface area contributed by atoms with E-state index in [-0.39, 0.29) is 17.5 Å². The van der Waals surface area contributed by atoms with Crippen molar-refractivity contribution in [2.45, 2.75) is 18.7 Å². The molecule has 0 aliphatic carbocycles. The number of hydrogen-bond donors (Lipinski definition) is 1. The Balaban J connectivity index is 1.31. The molecular formula is C20H19F3N4O5. The average Bonchev–Trinajstić information content (AvgIpc) is 3.06. The van der Waals surface area contributed by atoms with Crippen LogP contribution in [0, 0.1) is 5.92 Å². The number of ether oxygens (including phenoxy) is 2. The van der Waals surface area contributed by atoms with Crippen molar-refractivity contribution in [3.63, 3.8) is 0 Å². The SMILES string of the molecule is O=C(O)C1CN(c2ccc(N3CC[C@@H](Oc4ccc(OCC(F)(F)F)nc4)C3=O)cn2)C1. The predicted octanol–water partition coefficient (Wildman–Crippen LogP) is 2.12. The summed E-state index contributed by atoms with van der Waals surface area (Å²) in [7, 11) is 0. The van der Waals surface area contributed by atoms with Gasteiger partial charge in [-0.15, -0.1) is 0 Å². The summed E-state index contributed by atoms with van der Waals surface area (Å²) in [6.07, 6.45) is -2.04. The van der Waals surface area contributed by atoms with Gasteiger partial charge >= 0.3 is 12.1 Å². The van der Waals surface area contributed by atoms with Crippen molar-refractivity contribution in [3.05, 3.63) is 36.7 Å². The van der Waals surface area contributed by atoms with Crippen LogP contribution in [0.1, 0.15) is 6.42 Å². The Labute approximate surface area is 180 Å². The second-order valence-corrected chi connectivity index (χ2v) is 7.44. The maximum atomic E-state index is 12.7. The molecule has 0 saturated carbocycles. The van der Waals surface area contributed by atoms with Crippen LogP contribution in [-0.4, -0.2) is 65.5 Å². The number of halogens is 3. The Hall–Kier alpha value is -3.57. The topological polar surface area (TPSA) is 105 Å². The molecule has 1 N–H and O–H groups in total. The van der Waals surface area contributed by atoms with Crippen molar-refractivity contribution >= 4 is 23.4 Å². The molecule has 12 heteroatoms. The molecule has 0 unspecified atom stereocenters. The van der Waals surface area contributed by atoms with Crippen LogP contribution in [0.25, 0.3) is 0 Å². The number of carbonyl (C=O) groups is 2. The third-order valence-electron chi connectivity index (χ3n) is 5.13. The Morgan fingerprint density at radius 1 is 1.16 bits per heavy atom. The van der Waals surface area contributed by atoms with Crippen molar-refractivity contribution in [2.24, 2.45) is 5.92 Å². The molecule has 2 saturated heterocycles. The first-order valence-corrected chi connectivity index (χ1v) is 9.77. The summed E-state index contributed by atoms with van der Waals surface area (Å²) in [5.74, 6) is -0.808. The number of carbonyl (C=O) groups excluding carboxylic acids is 1. The van der Waals surface area contributed by atoms with Crippen LogP contribution >= 0.6 is 0 Å². The van der Waals surface area contributed by atoms with Crippen molar-refractivity contribution in [2.75, 3.05) is 36.0 Å². The van der Waals surface area contributed by atoms with Gasteiger partial charge < -0.3 is 24.4 Å². The molecule has 2 fully saturated rings. The van der Waals surface area contributed by atoms with Gasteiger partial charge in [-0.25, -0.2) is 9.97 Å². The Bertz CT molecular complexity index is 978. The highest BCUT2D eigenvalue weighted by Gasteiger charge is 2.36. The van der Waals surface area contributed by atoms with Crippen LogP contribution in [0.3, 0.4) is 0 Å². The number of aliphatic carboxylic acids is 1. The van der Waals surface area contributed by atoms with E-state index in [0.717, 1.165) is 0 Å². The van der Waals surface area contributed by atoms with E-state index in [1.165, 1.54) is 23.2 Å². The standard InChI is InChI=1S/C20H19F3N4O5/c21-20(22,23)11-31-17-4-2-14(8-25-17)32-15-5-6-27(18(15)28)13-1-3-16(24-7-13)26-9-12(10-26)19(29)30/h1-4,7-8,12,15H,5-6,9-11H2,(H,29,30)/t15-/m1/s1. The highest BCUT2D eigenvalue weighted by atomic mass is 19.4. The maximum absolute atomic E-state index is 12.7. The van der Waals surface area contributed by atoms with Gasteiger partial charge in [-0.2, -0.15) is 13.2 Å². The average molecular weight is 452 g/mol. The molecule has 0 aromatic carbocycles. The van der Waals surface area contributed by atoms with E-state index in [9.17, 15) is 22.8 Å². The number of hydrogen-bond acceptors (Lipinski definition) is 7. The number of aromatic nitrogens is 2. The van der Waals surface area contributed by atoms with Crippen LogP contribution < -0.4 is 19.3 Å². The molecule has 2 aliphatic heterocycles. The Morgan fingerprint density at radius 2 is 1.94 bits per heavy atom. The molecular weight excluding hydrogens is 433 g/mol. The third-order valence-corrected chi connectivity index (χ3v) is 5.13. The van der Waals surface area contributed by atoms with Crippen molar-refractivity contribution < 1.29 is 37.3 Å². The lowest BCUT2D eigenvalue weighted by Crippen LogP contribution is -2.50. The molecule has 4 rings (SSSR count). The lowest BCUT2D eigenvalue weighted by Gasteiger charge is -2.37. The minimum Gasteiger partial charge on any atom is -0.481 e. The molecule has 2 aromatic rings. The molecule has 2 aromatic heterocycles. The molecule has 1 atom stereocenters. The molecule has 1 amide bonds. The summed E-state index contributed by atoms with van der Waals surface area (Å²) in [5, 5.41) is 8.96. The van der Waals surface area contributed by atoms with Crippen LogP contribution in [0.4, 0.5) is 24.7 Å². The molecule has 2 aliphatic rings. The van der Waals surface area contributed by atoms with Crippen molar-refractivity contribution in [1.29, 1.82) is 0 Å². The number of anilines is 2. The van der Waals surface area contributed by atoms with Crippen LogP contribution in [-0.2, 0) is 9.59 Å². The van der Waals surface area contributed by atoms with Gasteiger partial charge in [0.05, 0.1) is 24.0 Å². The maximum Gasteiger partial charge on any atom is 0.422 e. The summed E-state index contributed by atoms with van der Waals surface area (Å²) in [6.45, 7) is -0.237. The summed E-state index contributed by atoms with van der Waals surface area (Å²) < 4.78 is 46.8. The fourth-order valence-corrected chi connectivity index (χ4v) is 3.41. The van der Waals surface area contributed by atoms with Gasteiger partial charge in [0.1, 0.15) is 11.6 Å². The summed E-state index contributed by atoms with van der Waals surface area (Å²) >= 11 is 0. The number of pyridine rings is 2. The van der Waals surface area contributed by atoms with Crippen molar-refractivity contribution in [3.8, 4) is 11.6 Å². The number of carboxylic acid groups (broad SMARTS) is 1. The monoisotopic (exact) mass is 452 g/mol. The Morgan fingerprint density at radius 3 is 2.53 bits per heavy atom. The number of alkyl halides is 3. The second kappa shape index (κ2) is 8.52. The lowest BCUT2D eigenvalue weighted by atomic mass is 10.0. The van der Waals surface area contributed by atoms with Gasteiger partial charge in [0.25, 0.3) is 5.91 Å². The Kier molecular flexibility index (Phi) is 5.76. The van der Waals surface area contributed by atoms with Crippen LogP contribution in [0.15, 0.2) is 36.7 Å². The summed E-state index contributed by atoms with van der Waals surface area (Å²) in [5.41, 5.74) is 0.592. The van der Waals surface area contributed by atoms with Gasteiger partial charge in [-0.05, 0) is 18.2 Å². The van der Waals surface area contributed by atoms with E-state index < -0.39 is 30.8 Å². The number of amides is 1. The lowest BCUT2D eigenvalue weighted by molar-refractivity contribution is -0.154. The van der Waals surface area contributed by atoms with E-state index in [0.29, 0.717) is 37.6 Å². The largest absolute Gasteiger partial charge is 0.481 e. The van der Waals surface area contributed by atoms with Crippen LogP contribution in [0.2, 0.25) is 0 Å². The first-order valence-electron chi connectivity index (χ1n) is 9.77. The van der Waals surface area contributed by atoms with E-state index in [2.05, 4.69) is 14.7 Å². The molecule has 9 nitrogen and oxygen atoms in total. The third kappa shape index (κ3) is 4.84. The number of nitrogens with zero attached hydrogens (tertiary/aromatic N) is 4. The first-order chi connectivity index (χ1) is 15.2. The molecule has 0 radical (unpaired) electrons. The summed E-state index contributed by atoms with van der Waals surface area (Å²) in [6, 6.07) is 6.11. The molecule has 4 heterocycles. The zero-order valence-electron chi connectivity index (χ0n) is 16.7. The normalized spacial score (nSPS) is 19.1. The fourth-order valence-electron chi connectivity index (χ4n) is 3.41. The van der Waals surface area contributed by atoms with Gasteiger partial charge in [-0.3, -0.25) is 9.59 Å². The quantitative estimate of drug-likeness (QED) is 0.681. The van der Waals surface area contributed by atoms with Crippen molar-refractivity contribution in [1.82, 2.24) is 9.97 Å².